The highest BCUT2D eigenvalue weighted by atomic mass is 14.8. The molecule has 0 spiro atoms. The predicted molar refractivity (Wildman–Crippen MR) is 88.7 cm³/mol. The average molecular weight is 280 g/mol. The topological polar surface area (TPSA) is 26.0 Å². The van der Waals surface area contributed by atoms with Crippen molar-refractivity contribution in [2.24, 2.45) is 28.9 Å². The molecule has 0 aromatic rings. The maximum atomic E-state index is 6.90. The zero-order chi connectivity index (χ0) is 14.8. The summed E-state index contributed by atoms with van der Waals surface area (Å²) >= 11 is 0. The molecule has 0 bridgehead atoms. The Hall–Kier alpha value is -0.0400. The van der Waals surface area contributed by atoms with E-state index in [1.54, 1.807) is 0 Å². The Bertz CT molecular complexity index is 299. The summed E-state index contributed by atoms with van der Waals surface area (Å²) < 4.78 is 0. The van der Waals surface area contributed by atoms with Crippen LogP contribution in [0.2, 0.25) is 0 Å². The van der Waals surface area contributed by atoms with Gasteiger partial charge in [-0.25, -0.2) is 0 Å². The quantitative estimate of drug-likeness (QED) is 0.719. The van der Waals surface area contributed by atoms with E-state index >= 15 is 0 Å². The molecule has 0 aromatic carbocycles. The van der Waals surface area contributed by atoms with E-state index in [2.05, 4.69) is 27.7 Å². The van der Waals surface area contributed by atoms with Gasteiger partial charge in [0.2, 0.25) is 0 Å². The van der Waals surface area contributed by atoms with Crippen LogP contribution < -0.4 is 5.73 Å². The molecular weight excluding hydrogens is 242 g/mol. The summed E-state index contributed by atoms with van der Waals surface area (Å²) in [5.74, 6) is 2.67. The fraction of sp³-hybridized carbons (Fsp3) is 1.00. The Morgan fingerprint density at radius 3 is 2.25 bits per heavy atom. The fourth-order valence-corrected chi connectivity index (χ4v) is 4.82. The van der Waals surface area contributed by atoms with E-state index in [0.717, 1.165) is 17.8 Å². The second-order valence-corrected chi connectivity index (χ2v) is 8.49. The highest BCUT2D eigenvalue weighted by Crippen LogP contribution is 2.48. The molecule has 20 heavy (non-hydrogen) atoms. The molecule has 0 amide bonds. The molecule has 2 aliphatic rings. The third kappa shape index (κ3) is 3.40. The van der Waals surface area contributed by atoms with Gasteiger partial charge in [-0.2, -0.15) is 0 Å². The highest BCUT2D eigenvalue weighted by Gasteiger charge is 2.42. The van der Waals surface area contributed by atoms with Gasteiger partial charge in [0.1, 0.15) is 0 Å². The smallest absolute Gasteiger partial charge is 0.0183 e. The Morgan fingerprint density at radius 1 is 1.05 bits per heavy atom. The van der Waals surface area contributed by atoms with Crippen molar-refractivity contribution in [2.75, 3.05) is 0 Å². The van der Waals surface area contributed by atoms with Crippen LogP contribution in [0, 0.1) is 23.2 Å². The van der Waals surface area contributed by atoms with Gasteiger partial charge in [-0.1, -0.05) is 53.4 Å². The molecule has 2 atom stereocenters. The lowest BCUT2D eigenvalue weighted by Crippen LogP contribution is -2.52. The van der Waals surface area contributed by atoms with Crippen LogP contribution in [0.4, 0.5) is 0 Å². The minimum atomic E-state index is 0.175. The maximum absolute atomic E-state index is 6.90. The molecule has 0 aliphatic heterocycles. The molecule has 2 rings (SSSR count). The molecule has 2 unspecified atom stereocenters. The van der Waals surface area contributed by atoms with Crippen LogP contribution in [0.25, 0.3) is 0 Å². The first kappa shape index (κ1) is 16.3. The van der Waals surface area contributed by atoms with Gasteiger partial charge in [0.25, 0.3) is 0 Å². The SMILES string of the molecule is CCC1CCCC(C2(N)CCC(C(C)(C)CC)CC2)C1. The van der Waals surface area contributed by atoms with Crippen LogP contribution in [0.3, 0.4) is 0 Å². The van der Waals surface area contributed by atoms with Crippen LogP contribution >= 0.6 is 0 Å². The van der Waals surface area contributed by atoms with E-state index in [-0.39, 0.29) is 5.54 Å². The van der Waals surface area contributed by atoms with Crippen molar-refractivity contribution in [3.63, 3.8) is 0 Å². The molecule has 2 saturated carbocycles. The van der Waals surface area contributed by atoms with Crippen LogP contribution in [-0.4, -0.2) is 5.54 Å². The highest BCUT2D eigenvalue weighted by molar-refractivity contribution is 4.99. The van der Waals surface area contributed by atoms with Crippen molar-refractivity contribution in [3.05, 3.63) is 0 Å². The Kier molecular flexibility index (Phi) is 5.21. The van der Waals surface area contributed by atoms with Gasteiger partial charge >= 0.3 is 0 Å². The first-order chi connectivity index (χ1) is 9.41. The monoisotopic (exact) mass is 279 g/mol. The Morgan fingerprint density at radius 2 is 1.70 bits per heavy atom. The lowest BCUT2D eigenvalue weighted by Gasteiger charge is -2.48. The lowest BCUT2D eigenvalue weighted by molar-refractivity contribution is 0.0649. The summed E-state index contributed by atoms with van der Waals surface area (Å²) in [5.41, 5.74) is 7.59. The molecule has 2 aliphatic carbocycles. The number of rotatable bonds is 4. The Balaban J connectivity index is 1.94. The molecule has 0 saturated heterocycles. The summed E-state index contributed by atoms with van der Waals surface area (Å²) in [6.45, 7) is 9.61. The molecular formula is C19H37N. The van der Waals surface area contributed by atoms with Crippen LogP contribution in [-0.2, 0) is 0 Å². The second-order valence-electron chi connectivity index (χ2n) is 8.49. The van der Waals surface area contributed by atoms with Gasteiger partial charge in [0, 0.05) is 5.54 Å². The van der Waals surface area contributed by atoms with E-state index in [1.165, 1.54) is 64.2 Å². The minimum Gasteiger partial charge on any atom is -0.325 e. The van der Waals surface area contributed by atoms with E-state index < -0.39 is 0 Å². The standard InChI is InChI=1S/C19H37N/c1-5-15-8-7-9-17(14-15)19(20)12-10-16(11-13-19)18(3,4)6-2/h15-17H,5-14,20H2,1-4H3. The van der Waals surface area contributed by atoms with Crippen LogP contribution in [0.1, 0.15) is 91.9 Å². The maximum Gasteiger partial charge on any atom is 0.0183 e. The third-order valence-corrected chi connectivity index (χ3v) is 7.11. The van der Waals surface area contributed by atoms with Crippen molar-refractivity contribution in [1.29, 1.82) is 0 Å². The van der Waals surface area contributed by atoms with Crippen molar-refractivity contribution < 1.29 is 0 Å². The predicted octanol–water partition coefficient (Wildman–Crippen LogP) is 5.53. The van der Waals surface area contributed by atoms with Crippen LogP contribution in [0.5, 0.6) is 0 Å². The van der Waals surface area contributed by atoms with Crippen molar-refractivity contribution in [2.45, 2.75) is 97.4 Å². The van der Waals surface area contributed by atoms with E-state index in [4.69, 9.17) is 5.73 Å². The molecule has 0 aromatic heterocycles. The molecule has 118 valence electrons. The second kappa shape index (κ2) is 6.38. The molecule has 0 radical (unpaired) electrons. The summed E-state index contributed by atoms with van der Waals surface area (Å²) in [7, 11) is 0. The van der Waals surface area contributed by atoms with Gasteiger partial charge in [-0.15, -0.1) is 0 Å². The van der Waals surface area contributed by atoms with E-state index in [1.807, 2.05) is 0 Å². The first-order valence-corrected chi connectivity index (χ1v) is 9.20. The van der Waals surface area contributed by atoms with E-state index in [0.29, 0.717) is 5.41 Å². The molecule has 1 heteroatoms. The number of hydrogen-bond acceptors (Lipinski definition) is 1. The molecule has 2 fully saturated rings. The van der Waals surface area contributed by atoms with Crippen molar-refractivity contribution in [1.82, 2.24) is 0 Å². The minimum absolute atomic E-state index is 0.175. The van der Waals surface area contributed by atoms with Gasteiger partial charge in [-0.3, -0.25) is 0 Å². The fourth-order valence-electron chi connectivity index (χ4n) is 4.82. The average Bonchev–Trinajstić information content (AvgIpc) is 2.48. The first-order valence-electron chi connectivity index (χ1n) is 9.20. The summed E-state index contributed by atoms with van der Waals surface area (Å²) in [5, 5.41) is 0. The molecule has 2 N–H and O–H groups in total. The van der Waals surface area contributed by atoms with E-state index in [9.17, 15) is 0 Å². The normalized spacial score (nSPS) is 39.8. The molecule has 0 heterocycles. The zero-order valence-corrected chi connectivity index (χ0v) is 14.4. The number of hydrogen-bond donors (Lipinski definition) is 1. The third-order valence-electron chi connectivity index (χ3n) is 7.11. The van der Waals surface area contributed by atoms with Gasteiger partial charge in [-0.05, 0) is 61.7 Å². The summed E-state index contributed by atoms with van der Waals surface area (Å²) in [6.07, 6.45) is 13.6. The summed E-state index contributed by atoms with van der Waals surface area (Å²) in [4.78, 5) is 0. The van der Waals surface area contributed by atoms with Crippen molar-refractivity contribution >= 4 is 0 Å². The molecule has 1 nitrogen and oxygen atoms in total. The van der Waals surface area contributed by atoms with Gasteiger partial charge < -0.3 is 5.73 Å². The Labute approximate surface area is 127 Å². The van der Waals surface area contributed by atoms with Gasteiger partial charge in [0.15, 0.2) is 0 Å². The lowest BCUT2D eigenvalue weighted by atomic mass is 9.60. The van der Waals surface area contributed by atoms with Gasteiger partial charge in [0.05, 0.1) is 0 Å². The van der Waals surface area contributed by atoms with Crippen LogP contribution in [0.15, 0.2) is 0 Å². The number of nitrogens with two attached hydrogens (primary N) is 1. The largest absolute Gasteiger partial charge is 0.325 e. The summed E-state index contributed by atoms with van der Waals surface area (Å²) in [6, 6.07) is 0. The zero-order valence-electron chi connectivity index (χ0n) is 14.4. The van der Waals surface area contributed by atoms with Crippen molar-refractivity contribution in [3.8, 4) is 0 Å².